The molecule has 1 heterocycles. The zero-order chi connectivity index (χ0) is 11.9. The minimum Gasteiger partial charge on any atom is -0.445 e. The van der Waals surface area contributed by atoms with Crippen molar-refractivity contribution in [3.63, 3.8) is 0 Å². The van der Waals surface area contributed by atoms with Crippen LogP contribution in [0.15, 0.2) is 29.2 Å². The number of aromatic nitrogens is 2. The third-order valence-corrected chi connectivity index (χ3v) is 2.65. The molecule has 7 heteroatoms. The van der Waals surface area contributed by atoms with Crippen LogP contribution in [0, 0.1) is 0 Å². The lowest BCUT2D eigenvalue weighted by Crippen LogP contribution is -2.29. The van der Waals surface area contributed by atoms with Crippen molar-refractivity contribution in [2.24, 2.45) is 0 Å². The van der Waals surface area contributed by atoms with Crippen LogP contribution >= 0.6 is 0 Å². The summed E-state index contributed by atoms with van der Waals surface area (Å²) in [5.74, 6) is 0. The van der Waals surface area contributed by atoms with Gasteiger partial charge in [-0.25, -0.2) is 4.79 Å². The van der Waals surface area contributed by atoms with Crippen molar-refractivity contribution in [1.29, 1.82) is 0 Å². The van der Waals surface area contributed by atoms with Crippen molar-refractivity contribution in [3.8, 4) is 0 Å². The lowest BCUT2D eigenvalue weighted by molar-refractivity contribution is 0.481. The summed E-state index contributed by atoms with van der Waals surface area (Å²) in [6.45, 7) is -2.57. The molecule has 0 amide bonds. The van der Waals surface area contributed by atoms with Crippen LogP contribution < -0.4 is 5.69 Å². The quantitative estimate of drug-likeness (QED) is 0.727. The first-order valence-corrected chi connectivity index (χ1v) is 5.04. The average Bonchev–Trinajstić information content (AvgIpc) is 2.93. The van der Waals surface area contributed by atoms with Crippen molar-refractivity contribution in [2.75, 3.05) is 0 Å². The van der Waals surface area contributed by atoms with Crippen LogP contribution in [0.2, 0.25) is 0 Å². The fourth-order valence-electron chi connectivity index (χ4n) is 1.50. The first kappa shape index (κ1) is 11.1. The van der Waals surface area contributed by atoms with Crippen molar-refractivity contribution < 1.29 is 12.9 Å². The highest BCUT2D eigenvalue weighted by Gasteiger charge is 2.28. The molecule has 3 nitrogen and oxygen atoms in total. The zero-order valence-corrected chi connectivity index (χ0v) is 8.57. The summed E-state index contributed by atoms with van der Waals surface area (Å²) in [7, 11) is 0. The lowest BCUT2D eigenvalue weighted by Gasteiger charge is -2.17. The largest absolute Gasteiger partial charge is 0.506 e. The third kappa shape index (κ3) is 2.07. The highest BCUT2D eigenvalue weighted by molar-refractivity contribution is 6.66. The monoisotopic (exact) mass is 231 g/mol. The van der Waals surface area contributed by atoms with Gasteiger partial charge >= 0.3 is 12.7 Å². The molecule has 0 atom stereocenters. The number of hydrogen-bond acceptors (Lipinski definition) is 1. The SMILES string of the molecule is C=C(Cn1ccn(C2CC2)c1=O)[B-](F)(F)F. The summed E-state index contributed by atoms with van der Waals surface area (Å²) in [6, 6.07) is 0.179. The smallest absolute Gasteiger partial charge is 0.445 e. The number of hydrogen-bond donors (Lipinski definition) is 0. The number of imidazole rings is 1. The second kappa shape index (κ2) is 3.57. The summed E-state index contributed by atoms with van der Waals surface area (Å²) in [6.07, 6.45) is 4.77. The molecule has 0 bridgehead atoms. The second-order valence-electron chi connectivity index (χ2n) is 4.08. The topological polar surface area (TPSA) is 26.9 Å². The van der Waals surface area contributed by atoms with Crippen molar-refractivity contribution in [1.82, 2.24) is 9.13 Å². The number of rotatable bonds is 4. The molecule has 1 fully saturated rings. The molecule has 1 aliphatic carbocycles. The Morgan fingerprint density at radius 2 is 2.06 bits per heavy atom. The van der Waals surface area contributed by atoms with Crippen molar-refractivity contribution >= 4 is 6.98 Å². The summed E-state index contributed by atoms with van der Waals surface area (Å²) >= 11 is 0. The highest BCUT2D eigenvalue weighted by atomic mass is 19.4. The van der Waals surface area contributed by atoms with Crippen molar-refractivity contribution in [2.45, 2.75) is 25.4 Å². The van der Waals surface area contributed by atoms with Crippen LogP contribution in [0.4, 0.5) is 12.9 Å². The average molecular weight is 231 g/mol. The summed E-state index contributed by atoms with van der Waals surface area (Å²) in [5.41, 5.74) is -1.24. The first-order chi connectivity index (χ1) is 7.39. The van der Waals surface area contributed by atoms with E-state index in [1.807, 2.05) is 0 Å². The number of nitrogens with zero attached hydrogens (tertiary/aromatic N) is 2. The fraction of sp³-hybridized carbons (Fsp3) is 0.444. The van der Waals surface area contributed by atoms with Gasteiger partial charge in [-0.2, -0.15) is 0 Å². The Labute approximate surface area is 90.2 Å². The van der Waals surface area contributed by atoms with E-state index in [2.05, 4.69) is 6.58 Å². The number of allylic oxidation sites excluding steroid dienone is 1. The van der Waals surface area contributed by atoms with Gasteiger partial charge in [0.1, 0.15) is 0 Å². The van der Waals surface area contributed by atoms with E-state index in [1.54, 1.807) is 0 Å². The molecular weight excluding hydrogens is 220 g/mol. The fourth-order valence-corrected chi connectivity index (χ4v) is 1.50. The molecule has 16 heavy (non-hydrogen) atoms. The van der Waals surface area contributed by atoms with E-state index in [0.717, 1.165) is 17.4 Å². The molecule has 0 saturated heterocycles. The van der Waals surface area contributed by atoms with E-state index in [0.29, 0.717) is 0 Å². The van der Waals surface area contributed by atoms with Gasteiger partial charge in [0.25, 0.3) is 0 Å². The van der Waals surface area contributed by atoms with E-state index in [4.69, 9.17) is 0 Å². The van der Waals surface area contributed by atoms with Crippen LogP contribution in [-0.2, 0) is 6.54 Å². The minimum absolute atomic E-state index is 0.179. The molecule has 0 spiro atoms. The summed E-state index contributed by atoms with van der Waals surface area (Å²) in [4.78, 5) is 11.6. The van der Waals surface area contributed by atoms with E-state index < -0.39 is 19.0 Å². The van der Waals surface area contributed by atoms with Crippen molar-refractivity contribution in [3.05, 3.63) is 34.9 Å². The van der Waals surface area contributed by atoms with Crippen LogP contribution in [0.5, 0.6) is 0 Å². The van der Waals surface area contributed by atoms with Gasteiger partial charge in [-0.1, -0.05) is 0 Å². The Balaban J connectivity index is 2.16. The molecule has 1 aliphatic rings. The highest BCUT2D eigenvalue weighted by Crippen LogP contribution is 2.33. The van der Waals surface area contributed by atoms with Crippen LogP contribution in [0.25, 0.3) is 0 Å². The van der Waals surface area contributed by atoms with E-state index in [9.17, 15) is 17.7 Å². The zero-order valence-electron chi connectivity index (χ0n) is 8.57. The second-order valence-corrected chi connectivity index (χ2v) is 4.08. The van der Waals surface area contributed by atoms with E-state index in [1.165, 1.54) is 17.0 Å². The van der Waals surface area contributed by atoms with Crippen LogP contribution in [0.3, 0.4) is 0 Å². The van der Waals surface area contributed by atoms with E-state index >= 15 is 0 Å². The lowest BCUT2D eigenvalue weighted by atomic mass is 9.80. The van der Waals surface area contributed by atoms with Crippen LogP contribution in [-0.4, -0.2) is 16.1 Å². The molecule has 0 radical (unpaired) electrons. The molecule has 0 unspecified atom stereocenters. The summed E-state index contributed by atoms with van der Waals surface area (Å²) in [5, 5.41) is 0. The van der Waals surface area contributed by atoms with Gasteiger partial charge in [-0.15, -0.1) is 12.1 Å². The molecule has 1 saturated carbocycles. The van der Waals surface area contributed by atoms with Gasteiger partial charge in [-0.3, -0.25) is 9.13 Å². The maximum Gasteiger partial charge on any atom is 0.506 e. The molecule has 1 aromatic heterocycles. The molecule has 0 aliphatic heterocycles. The van der Waals surface area contributed by atoms with Gasteiger partial charge in [0.2, 0.25) is 0 Å². The molecule has 1 aromatic rings. The van der Waals surface area contributed by atoms with Gasteiger partial charge < -0.3 is 12.9 Å². The van der Waals surface area contributed by atoms with Gasteiger partial charge in [-0.05, 0) is 12.8 Å². The summed E-state index contributed by atoms with van der Waals surface area (Å²) < 4.78 is 39.4. The molecule has 0 N–H and O–H groups in total. The predicted molar refractivity (Wildman–Crippen MR) is 55.2 cm³/mol. The normalized spacial score (nSPS) is 16.4. The van der Waals surface area contributed by atoms with Crippen LogP contribution in [0.1, 0.15) is 18.9 Å². The van der Waals surface area contributed by atoms with Gasteiger partial charge in [0.05, 0.1) is 0 Å². The first-order valence-electron chi connectivity index (χ1n) is 5.04. The Hall–Kier alpha value is -1.40. The number of halogens is 3. The Morgan fingerprint density at radius 1 is 1.44 bits per heavy atom. The maximum absolute atomic E-state index is 12.3. The minimum atomic E-state index is -5.07. The Bertz CT molecular complexity index is 470. The standard InChI is InChI=1S/C9H11BF3N2O/c1-7(10(11,12)13)6-14-4-5-15(9(14)16)8-2-3-8/h4-5,8H,1-3,6H2/q-1. The predicted octanol–water partition coefficient (Wildman–Crippen LogP) is 1.93. The Morgan fingerprint density at radius 3 is 2.56 bits per heavy atom. The third-order valence-electron chi connectivity index (χ3n) is 2.65. The molecule has 0 aromatic carbocycles. The molecule has 88 valence electrons. The molecule has 2 rings (SSSR count). The molecular formula is C9H11BF3N2O-. The van der Waals surface area contributed by atoms with E-state index in [-0.39, 0.29) is 11.7 Å². The van der Waals surface area contributed by atoms with Gasteiger partial charge in [0.15, 0.2) is 0 Å². The maximum atomic E-state index is 12.3. The Kier molecular flexibility index (Phi) is 2.48. The van der Waals surface area contributed by atoms with Gasteiger partial charge in [0, 0.05) is 25.0 Å².